The number of carbonyl (C=O) groups excluding carboxylic acids is 1. The van der Waals surface area contributed by atoms with E-state index in [4.69, 9.17) is 4.74 Å². The lowest BCUT2D eigenvalue weighted by atomic mass is 10.2. The smallest absolute Gasteiger partial charge is 0.270 e. The van der Waals surface area contributed by atoms with Crippen molar-refractivity contribution < 1.29 is 9.53 Å². The maximum atomic E-state index is 12.2. The molecule has 1 saturated heterocycles. The Morgan fingerprint density at radius 1 is 1.62 bits per heavy atom. The number of aromatic amines is 1. The Morgan fingerprint density at radius 2 is 2.38 bits per heavy atom. The molecule has 2 atom stereocenters. The normalized spacial score (nSPS) is 25.8. The number of halogens is 1. The highest BCUT2D eigenvalue weighted by Crippen LogP contribution is 2.17. The molecule has 88 valence electrons. The van der Waals surface area contributed by atoms with Crippen LogP contribution in [0.25, 0.3) is 0 Å². The maximum absolute atomic E-state index is 12.2. The van der Waals surface area contributed by atoms with E-state index >= 15 is 0 Å². The topological polar surface area (TPSA) is 45.3 Å². The highest BCUT2D eigenvalue weighted by atomic mass is 79.9. The molecule has 0 spiro atoms. The molecule has 2 rings (SSSR count). The summed E-state index contributed by atoms with van der Waals surface area (Å²) in [7, 11) is 0. The molecule has 0 aromatic carbocycles. The molecule has 0 radical (unpaired) electrons. The Kier molecular flexibility index (Phi) is 3.35. The van der Waals surface area contributed by atoms with Crippen molar-refractivity contribution in [1.29, 1.82) is 0 Å². The number of nitrogens with zero attached hydrogens (tertiary/aromatic N) is 1. The Hall–Kier alpha value is -0.810. The number of hydrogen-bond acceptors (Lipinski definition) is 2. The minimum Gasteiger partial charge on any atom is -0.375 e. The second-order valence-electron chi connectivity index (χ2n) is 4.18. The molecular formula is C11H15BrN2O2. The van der Waals surface area contributed by atoms with Crippen LogP contribution in [0.4, 0.5) is 0 Å². The zero-order valence-corrected chi connectivity index (χ0v) is 11.0. The van der Waals surface area contributed by atoms with Crippen molar-refractivity contribution >= 4 is 21.8 Å². The van der Waals surface area contributed by atoms with Crippen LogP contribution in [-0.4, -0.2) is 41.1 Å². The lowest BCUT2D eigenvalue weighted by molar-refractivity contribution is -0.0388. The third kappa shape index (κ3) is 2.30. The summed E-state index contributed by atoms with van der Waals surface area (Å²) in [6.07, 6.45) is 1.88. The molecule has 1 fully saturated rings. The predicted molar refractivity (Wildman–Crippen MR) is 64.4 cm³/mol. The lowest BCUT2D eigenvalue weighted by Crippen LogP contribution is -2.50. The van der Waals surface area contributed by atoms with Gasteiger partial charge in [0.15, 0.2) is 0 Å². The Labute approximate surface area is 103 Å². The van der Waals surface area contributed by atoms with E-state index in [9.17, 15) is 4.79 Å². The number of nitrogens with one attached hydrogen (secondary N) is 1. The first-order chi connectivity index (χ1) is 7.58. The minimum absolute atomic E-state index is 0.0355. The van der Waals surface area contributed by atoms with E-state index in [1.165, 1.54) is 0 Å². The SMILES string of the molecule is C[C@@H]1CO[C@@H](C)CN1C(=O)c1cc(Br)c[nH]1. The van der Waals surface area contributed by atoms with Gasteiger partial charge in [-0.05, 0) is 35.8 Å². The fraction of sp³-hybridized carbons (Fsp3) is 0.545. The van der Waals surface area contributed by atoms with Crippen molar-refractivity contribution in [2.45, 2.75) is 26.0 Å². The van der Waals surface area contributed by atoms with Gasteiger partial charge in [-0.1, -0.05) is 0 Å². The summed E-state index contributed by atoms with van der Waals surface area (Å²) in [6.45, 7) is 5.24. The molecule has 0 aliphatic carbocycles. The largest absolute Gasteiger partial charge is 0.375 e. The van der Waals surface area contributed by atoms with Crippen LogP contribution in [-0.2, 0) is 4.74 Å². The van der Waals surface area contributed by atoms with Gasteiger partial charge in [-0.15, -0.1) is 0 Å². The van der Waals surface area contributed by atoms with Gasteiger partial charge in [-0.2, -0.15) is 0 Å². The fourth-order valence-electron chi connectivity index (χ4n) is 1.83. The summed E-state index contributed by atoms with van der Waals surface area (Å²) in [6, 6.07) is 1.93. The highest BCUT2D eigenvalue weighted by molar-refractivity contribution is 9.10. The molecule has 1 N–H and O–H groups in total. The van der Waals surface area contributed by atoms with E-state index < -0.39 is 0 Å². The van der Waals surface area contributed by atoms with Crippen LogP contribution in [0.5, 0.6) is 0 Å². The summed E-state index contributed by atoms with van der Waals surface area (Å²) in [5.41, 5.74) is 0.618. The fourth-order valence-corrected chi connectivity index (χ4v) is 2.18. The first kappa shape index (κ1) is 11.7. The third-order valence-electron chi connectivity index (χ3n) is 2.75. The summed E-state index contributed by atoms with van der Waals surface area (Å²) in [5.74, 6) is 0.0355. The molecule has 1 amide bonds. The van der Waals surface area contributed by atoms with Gasteiger partial charge >= 0.3 is 0 Å². The van der Waals surface area contributed by atoms with E-state index in [1.807, 2.05) is 18.7 Å². The number of aromatic nitrogens is 1. The van der Waals surface area contributed by atoms with Gasteiger partial charge in [0, 0.05) is 17.2 Å². The summed E-state index contributed by atoms with van der Waals surface area (Å²) >= 11 is 3.32. The van der Waals surface area contributed by atoms with E-state index in [0.717, 1.165) is 4.47 Å². The number of rotatable bonds is 1. The van der Waals surface area contributed by atoms with Crippen molar-refractivity contribution in [2.24, 2.45) is 0 Å². The Morgan fingerprint density at radius 3 is 3.00 bits per heavy atom. The Bertz CT molecular complexity index is 391. The van der Waals surface area contributed by atoms with E-state index in [1.54, 1.807) is 12.3 Å². The summed E-state index contributed by atoms with van der Waals surface area (Å²) < 4.78 is 6.39. The number of H-pyrrole nitrogens is 1. The lowest BCUT2D eigenvalue weighted by Gasteiger charge is -2.36. The molecule has 1 aromatic rings. The maximum Gasteiger partial charge on any atom is 0.270 e. The molecule has 0 unspecified atom stereocenters. The van der Waals surface area contributed by atoms with Crippen molar-refractivity contribution in [2.75, 3.05) is 13.2 Å². The molecule has 1 aliphatic rings. The van der Waals surface area contributed by atoms with Crippen molar-refractivity contribution in [1.82, 2.24) is 9.88 Å². The van der Waals surface area contributed by atoms with Crippen molar-refractivity contribution in [3.63, 3.8) is 0 Å². The van der Waals surface area contributed by atoms with Crippen LogP contribution in [0, 0.1) is 0 Å². The number of carbonyl (C=O) groups is 1. The molecule has 4 nitrogen and oxygen atoms in total. The number of amides is 1. The van der Waals surface area contributed by atoms with Gasteiger partial charge in [0.2, 0.25) is 0 Å². The average Bonchev–Trinajstić information content (AvgIpc) is 2.67. The molecule has 1 aromatic heterocycles. The summed E-state index contributed by atoms with van der Waals surface area (Å²) in [4.78, 5) is 17.0. The van der Waals surface area contributed by atoms with Crippen LogP contribution >= 0.6 is 15.9 Å². The average molecular weight is 287 g/mol. The van der Waals surface area contributed by atoms with Crippen molar-refractivity contribution in [3.8, 4) is 0 Å². The standard InChI is InChI=1S/C11H15BrN2O2/c1-7-6-16-8(2)5-14(7)11(15)10-3-9(12)4-13-10/h3-4,7-8,13H,5-6H2,1-2H3/t7-,8+/m1/s1. The van der Waals surface area contributed by atoms with Crippen LogP contribution in [0.15, 0.2) is 16.7 Å². The van der Waals surface area contributed by atoms with Gasteiger partial charge in [0.05, 0.1) is 18.8 Å². The number of morpholine rings is 1. The van der Waals surface area contributed by atoms with Gasteiger partial charge in [-0.25, -0.2) is 0 Å². The Balaban J connectivity index is 2.14. The first-order valence-corrected chi connectivity index (χ1v) is 6.13. The minimum atomic E-state index is 0.0355. The van der Waals surface area contributed by atoms with Gasteiger partial charge in [0.1, 0.15) is 5.69 Å². The molecule has 0 bridgehead atoms. The second-order valence-corrected chi connectivity index (χ2v) is 5.10. The van der Waals surface area contributed by atoms with Crippen LogP contribution in [0.2, 0.25) is 0 Å². The zero-order chi connectivity index (χ0) is 11.7. The quantitative estimate of drug-likeness (QED) is 0.859. The number of ether oxygens (including phenoxy) is 1. The van der Waals surface area contributed by atoms with E-state index in [-0.39, 0.29) is 18.1 Å². The molecule has 1 aliphatic heterocycles. The molecular weight excluding hydrogens is 272 g/mol. The number of hydrogen-bond donors (Lipinski definition) is 1. The van der Waals surface area contributed by atoms with Crippen molar-refractivity contribution in [3.05, 3.63) is 22.4 Å². The zero-order valence-electron chi connectivity index (χ0n) is 9.37. The van der Waals surface area contributed by atoms with Gasteiger partial charge in [0.25, 0.3) is 5.91 Å². The van der Waals surface area contributed by atoms with Gasteiger partial charge in [-0.3, -0.25) is 4.79 Å². The second kappa shape index (κ2) is 4.59. The first-order valence-electron chi connectivity index (χ1n) is 5.34. The summed E-state index contributed by atoms with van der Waals surface area (Å²) in [5, 5.41) is 0. The van der Waals surface area contributed by atoms with Crippen LogP contribution in [0.3, 0.4) is 0 Å². The van der Waals surface area contributed by atoms with Crippen LogP contribution < -0.4 is 0 Å². The highest BCUT2D eigenvalue weighted by Gasteiger charge is 2.28. The molecule has 16 heavy (non-hydrogen) atoms. The predicted octanol–water partition coefficient (Wildman–Crippen LogP) is 2.03. The monoisotopic (exact) mass is 286 g/mol. The van der Waals surface area contributed by atoms with Crippen LogP contribution in [0.1, 0.15) is 24.3 Å². The molecule has 5 heteroatoms. The van der Waals surface area contributed by atoms with Gasteiger partial charge < -0.3 is 14.6 Å². The molecule has 0 saturated carbocycles. The van der Waals surface area contributed by atoms with E-state index in [0.29, 0.717) is 18.8 Å². The molecule has 2 heterocycles. The third-order valence-corrected chi connectivity index (χ3v) is 3.20. The van der Waals surface area contributed by atoms with E-state index in [2.05, 4.69) is 20.9 Å².